The van der Waals surface area contributed by atoms with Gasteiger partial charge >= 0.3 is 5.97 Å². The number of carboxylic acids is 1. The molecule has 0 atom stereocenters. The van der Waals surface area contributed by atoms with Gasteiger partial charge in [0.2, 0.25) is 0 Å². The fourth-order valence-electron chi connectivity index (χ4n) is 3.64. The van der Waals surface area contributed by atoms with E-state index in [0.717, 1.165) is 27.9 Å². The number of benzene rings is 1. The number of carbonyl (C=O) groups is 1. The van der Waals surface area contributed by atoms with E-state index in [-0.39, 0.29) is 12.2 Å². The van der Waals surface area contributed by atoms with Crippen LogP contribution in [0.4, 0.5) is 5.82 Å². The van der Waals surface area contributed by atoms with E-state index in [1.807, 2.05) is 24.3 Å². The maximum absolute atomic E-state index is 10.9. The molecule has 0 aliphatic rings. The van der Waals surface area contributed by atoms with E-state index in [2.05, 4.69) is 15.1 Å². The monoisotopic (exact) mass is 432 g/mol. The standard InChI is InChI=1S/C24H17BN6O2/c25-21-22(15-5-3-14(4-6-15)10-20(32)33)30-24-18(13-29-31(24)23(21)26)16-7-8-19(28-12-16)17-2-1-9-27-11-17/h1-9,11-13H,10,26H2,(H,32,33). The second kappa shape index (κ2) is 8.20. The lowest BCUT2D eigenvalue weighted by atomic mass is 9.90. The minimum absolute atomic E-state index is 0.0564. The smallest absolute Gasteiger partial charge is 0.307 e. The third-order valence-electron chi connectivity index (χ3n) is 5.34. The molecule has 8 nitrogen and oxygen atoms in total. The first-order valence-corrected chi connectivity index (χ1v) is 10.1. The Kier molecular flexibility index (Phi) is 5.06. The summed E-state index contributed by atoms with van der Waals surface area (Å²) in [6.07, 6.45) is 6.86. The number of nitrogen functional groups attached to an aromatic ring is 1. The molecule has 0 spiro atoms. The first-order chi connectivity index (χ1) is 16.0. The van der Waals surface area contributed by atoms with Crippen molar-refractivity contribution in [2.24, 2.45) is 0 Å². The van der Waals surface area contributed by atoms with Crippen LogP contribution in [-0.2, 0) is 11.2 Å². The Bertz CT molecular complexity index is 1470. The van der Waals surface area contributed by atoms with Gasteiger partial charge in [-0.25, -0.2) is 4.98 Å². The molecule has 0 saturated heterocycles. The molecule has 0 fully saturated rings. The van der Waals surface area contributed by atoms with Crippen molar-refractivity contribution in [1.82, 2.24) is 24.6 Å². The maximum Gasteiger partial charge on any atom is 0.307 e. The predicted octanol–water partition coefficient (Wildman–Crippen LogP) is 2.52. The normalized spacial score (nSPS) is 11.0. The van der Waals surface area contributed by atoms with Crippen molar-refractivity contribution in [3.63, 3.8) is 0 Å². The number of aromatic nitrogens is 5. The van der Waals surface area contributed by atoms with Gasteiger partial charge < -0.3 is 10.8 Å². The van der Waals surface area contributed by atoms with Crippen molar-refractivity contribution in [2.75, 3.05) is 5.73 Å². The number of fused-ring (bicyclic) bond motifs is 1. The lowest BCUT2D eigenvalue weighted by Crippen LogP contribution is -2.20. The number of anilines is 1. The Labute approximate surface area is 190 Å². The van der Waals surface area contributed by atoms with Crippen molar-refractivity contribution in [2.45, 2.75) is 6.42 Å². The molecule has 4 heterocycles. The zero-order valence-corrected chi connectivity index (χ0v) is 17.4. The Hall–Kier alpha value is -4.53. The highest BCUT2D eigenvalue weighted by molar-refractivity contribution is 6.38. The Morgan fingerprint density at radius 1 is 1.00 bits per heavy atom. The van der Waals surface area contributed by atoms with Crippen LogP contribution >= 0.6 is 0 Å². The molecule has 0 bridgehead atoms. The van der Waals surface area contributed by atoms with Crippen LogP contribution in [0.1, 0.15) is 5.56 Å². The molecule has 158 valence electrons. The summed E-state index contributed by atoms with van der Waals surface area (Å²) in [6, 6.07) is 14.7. The fraction of sp³-hybridized carbons (Fsp3) is 0.0417. The van der Waals surface area contributed by atoms with E-state index in [9.17, 15) is 4.79 Å². The first-order valence-electron chi connectivity index (χ1n) is 10.1. The lowest BCUT2D eigenvalue weighted by molar-refractivity contribution is -0.136. The number of hydrogen-bond donors (Lipinski definition) is 2. The van der Waals surface area contributed by atoms with Crippen LogP contribution in [-0.4, -0.2) is 43.5 Å². The number of pyridine rings is 2. The molecular formula is C24H17BN6O2. The van der Waals surface area contributed by atoms with Gasteiger partial charge in [0.15, 0.2) is 5.65 Å². The van der Waals surface area contributed by atoms with Gasteiger partial charge in [0.05, 0.1) is 24.0 Å². The van der Waals surface area contributed by atoms with Crippen LogP contribution in [0.2, 0.25) is 0 Å². The van der Waals surface area contributed by atoms with Crippen LogP contribution < -0.4 is 11.2 Å². The molecule has 0 saturated carbocycles. The third-order valence-corrected chi connectivity index (χ3v) is 5.34. The van der Waals surface area contributed by atoms with Crippen molar-refractivity contribution in [1.29, 1.82) is 0 Å². The SMILES string of the molecule is [B]c1c(-c2ccc(CC(=O)O)cc2)nc2c(-c3ccc(-c4cccnc4)nc3)cnn2c1N. The van der Waals surface area contributed by atoms with E-state index in [1.54, 1.807) is 49.1 Å². The summed E-state index contributed by atoms with van der Waals surface area (Å²) in [5.74, 6) is -0.617. The number of hydrogen-bond acceptors (Lipinski definition) is 6. The van der Waals surface area contributed by atoms with E-state index in [0.29, 0.717) is 22.4 Å². The molecule has 2 radical (unpaired) electrons. The van der Waals surface area contributed by atoms with Crippen LogP contribution in [0.15, 0.2) is 73.3 Å². The van der Waals surface area contributed by atoms with Gasteiger partial charge in [-0.05, 0) is 34.8 Å². The summed E-state index contributed by atoms with van der Waals surface area (Å²) < 4.78 is 1.50. The summed E-state index contributed by atoms with van der Waals surface area (Å²) in [5.41, 5.74) is 12.4. The van der Waals surface area contributed by atoms with E-state index in [1.165, 1.54) is 4.52 Å². The Morgan fingerprint density at radius 2 is 1.79 bits per heavy atom. The minimum atomic E-state index is -0.891. The molecule has 0 unspecified atom stereocenters. The van der Waals surface area contributed by atoms with Crippen molar-refractivity contribution in [3.8, 4) is 33.6 Å². The van der Waals surface area contributed by atoms with Gasteiger partial charge in [-0.1, -0.05) is 30.3 Å². The average molecular weight is 432 g/mol. The lowest BCUT2D eigenvalue weighted by Gasteiger charge is -2.12. The van der Waals surface area contributed by atoms with Gasteiger partial charge in [-0.3, -0.25) is 14.8 Å². The Balaban J connectivity index is 1.56. The summed E-state index contributed by atoms with van der Waals surface area (Å²) >= 11 is 0. The van der Waals surface area contributed by atoms with E-state index >= 15 is 0 Å². The van der Waals surface area contributed by atoms with Crippen molar-refractivity contribution < 1.29 is 9.90 Å². The second-order valence-corrected chi connectivity index (χ2v) is 7.49. The second-order valence-electron chi connectivity index (χ2n) is 7.49. The van der Waals surface area contributed by atoms with Gasteiger partial charge in [-0.2, -0.15) is 9.61 Å². The molecule has 5 aromatic rings. The topological polar surface area (TPSA) is 119 Å². The highest BCUT2D eigenvalue weighted by atomic mass is 16.4. The molecule has 0 aliphatic heterocycles. The van der Waals surface area contributed by atoms with Gasteiger partial charge in [0, 0.05) is 35.3 Å². The number of nitrogens with zero attached hydrogens (tertiary/aromatic N) is 5. The van der Waals surface area contributed by atoms with Crippen LogP contribution in [0.3, 0.4) is 0 Å². The molecule has 1 aromatic carbocycles. The minimum Gasteiger partial charge on any atom is -0.481 e. The molecular weight excluding hydrogens is 415 g/mol. The molecule has 33 heavy (non-hydrogen) atoms. The summed E-state index contributed by atoms with van der Waals surface area (Å²) in [7, 11) is 6.27. The fourth-order valence-corrected chi connectivity index (χ4v) is 3.64. The van der Waals surface area contributed by atoms with Crippen LogP contribution in [0, 0.1) is 0 Å². The number of carboxylic acid groups (broad SMARTS) is 1. The summed E-state index contributed by atoms with van der Waals surface area (Å²) in [5, 5.41) is 13.3. The molecule has 3 N–H and O–H groups in total. The Morgan fingerprint density at radius 3 is 2.45 bits per heavy atom. The average Bonchev–Trinajstić information content (AvgIpc) is 3.26. The zero-order chi connectivity index (χ0) is 22.9. The third kappa shape index (κ3) is 3.80. The number of rotatable bonds is 5. The quantitative estimate of drug-likeness (QED) is 0.410. The molecule has 0 amide bonds. The molecule has 9 heteroatoms. The highest BCUT2D eigenvalue weighted by Gasteiger charge is 2.16. The molecule has 4 aromatic heterocycles. The van der Waals surface area contributed by atoms with E-state index in [4.69, 9.17) is 23.7 Å². The number of aliphatic carboxylic acids is 1. The number of nitrogens with two attached hydrogens (primary N) is 1. The van der Waals surface area contributed by atoms with E-state index < -0.39 is 5.97 Å². The highest BCUT2D eigenvalue weighted by Crippen LogP contribution is 2.28. The summed E-state index contributed by atoms with van der Waals surface area (Å²) in [6.45, 7) is 0. The summed E-state index contributed by atoms with van der Waals surface area (Å²) in [4.78, 5) is 24.4. The zero-order valence-electron chi connectivity index (χ0n) is 17.4. The predicted molar refractivity (Wildman–Crippen MR) is 126 cm³/mol. The van der Waals surface area contributed by atoms with Crippen LogP contribution in [0.5, 0.6) is 0 Å². The first kappa shape index (κ1) is 20.4. The van der Waals surface area contributed by atoms with Gasteiger partial charge in [0.1, 0.15) is 13.7 Å². The molecule has 0 aliphatic carbocycles. The maximum atomic E-state index is 10.9. The molecule has 5 rings (SSSR count). The van der Waals surface area contributed by atoms with Gasteiger partial charge in [0.25, 0.3) is 0 Å². The van der Waals surface area contributed by atoms with Gasteiger partial charge in [-0.15, -0.1) is 0 Å². The van der Waals surface area contributed by atoms with Crippen molar-refractivity contribution >= 4 is 30.7 Å². The largest absolute Gasteiger partial charge is 0.481 e. The van der Waals surface area contributed by atoms with Crippen LogP contribution in [0.25, 0.3) is 39.3 Å². The van der Waals surface area contributed by atoms with Crippen molar-refractivity contribution in [3.05, 3.63) is 78.9 Å².